The van der Waals surface area contributed by atoms with Crippen molar-refractivity contribution in [2.24, 2.45) is 0 Å². The summed E-state index contributed by atoms with van der Waals surface area (Å²) in [6.07, 6.45) is 2.08. The number of halogens is 1. The van der Waals surface area contributed by atoms with E-state index in [4.69, 9.17) is 4.74 Å². The molecule has 0 bridgehead atoms. The fraction of sp³-hybridized carbons (Fsp3) is 0.438. The van der Waals surface area contributed by atoms with Crippen LogP contribution in [0.2, 0.25) is 0 Å². The van der Waals surface area contributed by atoms with Crippen LogP contribution in [0, 0.1) is 0 Å². The monoisotopic (exact) mass is 341 g/mol. The van der Waals surface area contributed by atoms with Gasteiger partial charge < -0.3 is 26.2 Å². The van der Waals surface area contributed by atoms with Crippen molar-refractivity contribution in [3.8, 4) is 0 Å². The Labute approximate surface area is 132 Å². The van der Waals surface area contributed by atoms with Gasteiger partial charge >= 0.3 is 5.97 Å². The van der Waals surface area contributed by atoms with Gasteiger partial charge in [0.2, 0.25) is 0 Å². The van der Waals surface area contributed by atoms with Crippen molar-refractivity contribution in [1.29, 1.82) is 0 Å². The molecule has 0 aliphatic carbocycles. The largest absolute Gasteiger partial charge is 1.00 e. The molecule has 0 saturated carbocycles. The zero-order chi connectivity index (χ0) is 14.1. The molecule has 0 spiro atoms. The number of quaternary nitrogens is 1. The van der Waals surface area contributed by atoms with Crippen LogP contribution in [0.1, 0.15) is 18.9 Å². The van der Waals surface area contributed by atoms with Gasteiger partial charge in [-0.05, 0) is 6.92 Å². The van der Waals surface area contributed by atoms with Crippen molar-refractivity contribution >= 4 is 5.97 Å². The molecule has 1 unspecified atom stereocenters. The molecule has 0 amide bonds. The summed E-state index contributed by atoms with van der Waals surface area (Å²) < 4.78 is 5.97. The lowest BCUT2D eigenvalue weighted by Gasteiger charge is -2.33. The van der Waals surface area contributed by atoms with Crippen LogP contribution >= 0.6 is 0 Å². The maximum Gasteiger partial charge on any atom is 0.330 e. The third-order valence-electron chi connectivity index (χ3n) is 3.42. The third-order valence-corrected chi connectivity index (χ3v) is 3.42. The highest BCUT2D eigenvalue weighted by molar-refractivity contribution is 5.81. The molecule has 20 heavy (non-hydrogen) atoms. The number of ether oxygens (including phenoxy) is 1. The van der Waals surface area contributed by atoms with Crippen molar-refractivity contribution in [2.45, 2.75) is 19.9 Å². The van der Waals surface area contributed by atoms with Crippen LogP contribution in [-0.4, -0.2) is 37.2 Å². The predicted octanol–water partition coefficient (Wildman–Crippen LogP) is -0.224. The van der Waals surface area contributed by atoms with Crippen molar-refractivity contribution in [3.05, 3.63) is 48.6 Å². The second kappa shape index (κ2) is 9.72. The van der Waals surface area contributed by atoms with Gasteiger partial charge in [0.1, 0.15) is 6.54 Å². The Bertz CT molecular complexity index is 408. The third kappa shape index (κ3) is 6.87. The van der Waals surface area contributed by atoms with E-state index in [-0.39, 0.29) is 23.0 Å². The summed E-state index contributed by atoms with van der Waals surface area (Å²) in [5.41, 5.74) is 1.34. The quantitative estimate of drug-likeness (QED) is 0.283. The van der Waals surface area contributed by atoms with Gasteiger partial charge in [-0.1, -0.05) is 36.9 Å². The lowest BCUT2D eigenvalue weighted by Crippen LogP contribution is -3.00. The van der Waals surface area contributed by atoms with Gasteiger partial charge in [0.05, 0.1) is 26.7 Å². The highest BCUT2D eigenvalue weighted by Crippen LogP contribution is 2.12. The average Bonchev–Trinajstić information content (AvgIpc) is 2.44. The Morgan fingerprint density at radius 3 is 2.55 bits per heavy atom. The number of esters is 1. The first-order chi connectivity index (χ1) is 9.09. The Kier molecular flexibility index (Phi) is 9.17. The van der Waals surface area contributed by atoms with Crippen LogP contribution in [0.3, 0.4) is 0 Å². The smallest absolute Gasteiger partial charge is 0.330 e. The van der Waals surface area contributed by atoms with Gasteiger partial charge in [-0.2, -0.15) is 0 Å². The molecule has 0 radical (unpaired) electrons. The van der Waals surface area contributed by atoms with Gasteiger partial charge in [-0.3, -0.25) is 0 Å². The fourth-order valence-corrected chi connectivity index (χ4v) is 2.05. The number of carbonyl (C=O) groups is 1. The molecule has 1 aromatic carbocycles. The zero-order valence-corrected chi connectivity index (χ0v) is 13.9. The van der Waals surface area contributed by atoms with E-state index in [0.29, 0.717) is 6.61 Å². The molecule has 0 aromatic heterocycles. The normalized spacial score (nSPS) is 12.9. The molecule has 0 saturated heterocycles. The molecule has 0 aliphatic heterocycles. The van der Waals surface area contributed by atoms with Gasteiger partial charge in [0.15, 0.2) is 0 Å². The molecule has 0 aliphatic rings. The number of nitrogens with zero attached hydrogens (tertiary/aromatic N) is 1. The summed E-state index contributed by atoms with van der Waals surface area (Å²) >= 11 is 0. The van der Waals surface area contributed by atoms with E-state index in [2.05, 4.69) is 44.8 Å². The molecule has 112 valence electrons. The topological polar surface area (TPSA) is 26.3 Å². The zero-order valence-electron chi connectivity index (χ0n) is 12.3. The van der Waals surface area contributed by atoms with Crippen LogP contribution in [0.5, 0.6) is 0 Å². The van der Waals surface area contributed by atoms with E-state index >= 15 is 0 Å². The van der Waals surface area contributed by atoms with E-state index in [1.165, 1.54) is 11.6 Å². The standard InChI is InChI=1S/C16H24NO2.BrH/c1-4-16(18)19-13-9-12-17(3,5-2)14-15-10-7-6-8-11-15;/h4,6-8,10-11H,1,5,9,12-14H2,2-3H3;1H/q+1;/p-1. The molecule has 0 N–H and O–H groups in total. The Balaban J connectivity index is 0.00000361. The van der Waals surface area contributed by atoms with Crippen LogP contribution in [-0.2, 0) is 16.1 Å². The number of hydrogen-bond donors (Lipinski definition) is 0. The summed E-state index contributed by atoms with van der Waals surface area (Å²) in [5.74, 6) is -0.339. The van der Waals surface area contributed by atoms with Crippen LogP contribution in [0.4, 0.5) is 0 Å². The number of benzene rings is 1. The van der Waals surface area contributed by atoms with E-state index in [0.717, 1.165) is 30.5 Å². The lowest BCUT2D eigenvalue weighted by atomic mass is 10.2. The second-order valence-electron chi connectivity index (χ2n) is 5.03. The van der Waals surface area contributed by atoms with Crippen molar-refractivity contribution < 1.29 is 31.0 Å². The van der Waals surface area contributed by atoms with Crippen LogP contribution < -0.4 is 17.0 Å². The van der Waals surface area contributed by atoms with Crippen LogP contribution in [0.25, 0.3) is 0 Å². The lowest BCUT2D eigenvalue weighted by molar-refractivity contribution is -0.921. The SMILES string of the molecule is C=CC(=O)OCCC[N+](C)(CC)Cc1ccccc1.[Br-]. The van der Waals surface area contributed by atoms with E-state index < -0.39 is 0 Å². The molecule has 1 aromatic rings. The highest BCUT2D eigenvalue weighted by atomic mass is 79.9. The second-order valence-corrected chi connectivity index (χ2v) is 5.03. The van der Waals surface area contributed by atoms with E-state index in [1.807, 2.05) is 6.07 Å². The maximum atomic E-state index is 11.0. The Morgan fingerprint density at radius 1 is 1.35 bits per heavy atom. The maximum absolute atomic E-state index is 11.0. The minimum Gasteiger partial charge on any atom is -1.00 e. The van der Waals surface area contributed by atoms with Crippen molar-refractivity contribution in [2.75, 3.05) is 26.7 Å². The Hall–Kier alpha value is -1.13. The first-order valence-corrected chi connectivity index (χ1v) is 6.76. The fourth-order valence-electron chi connectivity index (χ4n) is 2.05. The molecule has 3 nitrogen and oxygen atoms in total. The van der Waals surface area contributed by atoms with E-state index in [1.54, 1.807) is 0 Å². The molecule has 1 rings (SSSR count). The number of hydrogen-bond acceptors (Lipinski definition) is 2. The van der Waals surface area contributed by atoms with Gasteiger partial charge in [-0.25, -0.2) is 4.79 Å². The first-order valence-electron chi connectivity index (χ1n) is 6.76. The van der Waals surface area contributed by atoms with Crippen molar-refractivity contribution in [3.63, 3.8) is 0 Å². The Morgan fingerprint density at radius 2 is 2.00 bits per heavy atom. The van der Waals surface area contributed by atoms with E-state index in [9.17, 15) is 4.79 Å². The summed E-state index contributed by atoms with van der Waals surface area (Å²) in [5, 5.41) is 0. The molecule has 4 heteroatoms. The summed E-state index contributed by atoms with van der Waals surface area (Å²) in [6.45, 7) is 9.10. The van der Waals surface area contributed by atoms with Crippen LogP contribution in [0.15, 0.2) is 43.0 Å². The average molecular weight is 342 g/mol. The highest BCUT2D eigenvalue weighted by Gasteiger charge is 2.19. The van der Waals surface area contributed by atoms with Gasteiger partial charge in [0.25, 0.3) is 0 Å². The minimum atomic E-state index is -0.339. The molecular weight excluding hydrogens is 318 g/mol. The first kappa shape index (κ1) is 18.9. The minimum absolute atomic E-state index is 0. The van der Waals surface area contributed by atoms with Crippen molar-refractivity contribution in [1.82, 2.24) is 0 Å². The summed E-state index contributed by atoms with van der Waals surface area (Å²) in [4.78, 5) is 11.0. The molecule has 0 fully saturated rings. The number of rotatable bonds is 8. The predicted molar refractivity (Wildman–Crippen MR) is 77.5 cm³/mol. The molecule has 0 heterocycles. The number of carbonyl (C=O) groups excluding carboxylic acids is 1. The van der Waals surface area contributed by atoms with Gasteiger partial charge in [-0.15, -0.1) is 0 Å². The van der Waals surface area contributed by atoms with Gasteiger partial charge in [0, 0.05) is 18.1 Å². The summed E-state index contributed by atoms with van der Waals surface area (Å²) in [6, 6.07) is 10.5. The summed E-state index contributed by atoms with van der Waals surface area (Å²) in [7, 11) is 2.24. The molecule has 1 atom stereocenters. The molecular formula is C16H24BrNO2.